The monoisotopic (exact) mass is 498 g/mol. The Balaban J connectivity index is 1.94. The molecule has 2 heterocycles. The molecule has 0 aromatic carbocycles. The summed E-state index contributed by atoms with van der Waals surface area (Å²) in [6, 6.07) is -0.668. The molecule has 2 aliphatic rings. The van der Waals surface area contributed by atoms with Crippen molar-refractivity contribution >= 4 is 28.0 Å². The predicted octanol–water partition coefficient (Wildman–Crippen LogP) is 3.45. The maximum Gasteiger partial charge on any atom is 0.413 e. The van der Waals surface area contributed by atoms with Gasteiger partial charge in [0, 0.05) is 0 Å². The lowest BCUT2D eigenvalue weighted by Crippen LogP contribution is -2.51. The molecule has 0 saturated carbocycles. The highest BCUT2D eigenvalue weighted by atomic mass is 79.9. The third-order valence-corrected chi connectivity index (χ3v) is 6.51. The van der Waals surface area contributed by atoms with Crippen molar-refractivity contribution in [2.24, 2.45) is 5.92 Å². The van der Waals surface area contributed by atoms with Crippen molar-refractivity contribution in [2.75, 3.05) is 13.7 Å². The second-order valence-electron chi connectivity index (χ2n) is 9.62. The van der Waals surface area contributed by atoms with E-state index >= 15 is 0 Å². The van der Waals surface area contributed by atoms with E-state index in [0.717, 1.165) is 16.7 Å². The van der Waals surface area contributed by atoms with Crippen LogP contribution in [0.3, 0.4) is 0 Å². The highest BCUT2D eigenvalue weighted by Crippen LogP contribution is 2.40. The molecule has 1 aliphatic heterocycles. The number of hydrogen-bond donors (Lipinski definition) is 1. The molecule has 1 aromatic heterocycles. The van der Waals surface area contributed by atoms with Crippen LogP contribution in [0.5, 0.6) is 0 Å². The first kappa shape index (κ1) is 23.9. The standard InChI is InChI=1S/C22H31BrN2O6/c1-11-13-8-12(19(27)29-7)9-14(13)18(23)24-16(11)17(26)15-10-30-22(5,6)25(15)20(28)31-21(2,3)4/h12,15,17,26H,8-10H2,1-7H3/t12?,15-,17?/m1/s1. The smallest absolute Gasteiger partial charge is 0.413 e. The topological polar surface area (TPSA) is 98.2 Å². The molecule has 1 amide bonds. The number of fused-ring (bicyclic) bond motifs is 1. The van der Waals surface area contributed by atoms with Crippen LogP contribution >= 0.6 is 15.9 Å². The number of halogens is 1. The Bertz CT molecular complexity index is 895. The second-order valence-corrected chi connectivity index (χ2v) is 10.4. The van der Waals surface area contributed by atoms with E-state index in [1.807, 2.05) is 6.92 Å². The lowest BCUT2D eigenvalue weighted by atomic mass is 9.97. The number of aliphatic hydroxyl groups is 1. The Labute approximate surface area is 191 Å². The Kier molecular flexibility index (Phi) is 6.43. The van der Waals surface area contributed by atoms with E-state index in [1.165, 1.54) is 12.0 Å². The second kappa shape index (κ2) is 8.33. The summed E-state index contributed by atoms with van der Waals surface area (Å²) in [6.07, 6.45) is -0.580. The summed E-state index contributed by atoms with van der Waals surface area (Å²) in [7, 11) is 1.38. The summed E-state index contributed by atoms with van der Waals surface area (Å²) in [4.78, 5) is 31.1. The first-order valence-electron chi connectivity index (χ1n) is 10.4. The Hall–Kier alpha value is -1.71. The molecule has 1 N–H and O–H groups in total. The quantitative estimate of drug-likeness (QED) is 0.503. The maximum absolute atomic E-state index is 12.9. The number of aromatic nitrogens is 1. The molecule has 172 valence electrons. The van der Waals surface area contributed by atoms with E-state index in [4.69, 9.17) is 14.2 Å². The zero-order chi connectivity index (χ0) is 23.3. The van der Waals surface area contributed by atoms with Gasteiger partial charge in [0.25, 0.3) is 0 Å². The van der Waals surface area contributed by atoms with Crippen LogP contribution in [-0.4, -0.2) is 58.1 Å². The summed E-state index contributed by atoms with van der Waals surface area (Å²) in [5, 5.41) is 11.3. The molecular weight excluding hydrogens is 468 g/mol. The van der Waals surface area contributed by atoms with E-state index in [-0.39, 0.29) is 18.5 Å². The normalized spacial score (nSPS) is 23.5. The molecule has 1 aliphatic carbocycles. The van der Waals surface area contributed by atoms with Crippen molar-refractivity contribution in [3.05, 3.63) is 27.0 Å². The van der Waals surface area contributed by atoms with Crippen molar-refractivity contribution < 1.29 is 28.9 Å². The van der Waals surface area contributed by atoms with Crippen molar-refractivity contribution in [3.8, 4) is 0 Å². The number of ether oxygens (including phenoxy) is 3. The molecule has 1 fully saturated rings. The Morgan fingerprint density at radius 2 is 1.90 bits per heavy atom. The van der Waals surface area contributed by atoms with Gasteiger partial charge in [0.05, 0.1) is 31.4 Å². The number of nitrogens with zero attached hydrogens (tertiary/aromatic N) is 2. The van der Waals surface area contributed by atoms with E-state index < -0.39 is 29.6 Å². The van der Waals surface area contributed by atoms with E-state index in [2.05, 4.69) is 20.9 Å². The highest BCUT2D eigenvalue weighted by Gasteiger charge is 2.49. The van der Waals surface area contributed by atoms with Crippen LogP contribution in [0.1, 0.15) is 63.1 Å². The summed E-state index contributed by atoms with van der Waals surface area (Å²) < 4.78 is 16.9. The number of esters is 1. The van der Waals surface area contributed by atoms with Crippen LogP contribution in [0.25, 0.3) is 0 Å². The molecule has 31 heavy (non-hydrogen) atoms. The molecule has 0 radical (unpaired) electrons. The number of hydrogen-bond acceptors (Lipinski definition) is 7. The number of rotatable bonds is 3. The predicted molar refractivity (Wildman–Crippen MR) is 116 cm³/mol. The molecule has 1 saturated heterocycles. The molecule has 3 atom stereocenters. The van der Waals surface area contributed by atoms with Crippen LogP contribution in [0, 0.1) is 12.8 Å². The molecule has 3 rings (SSSR count). The van der Waals surface area contributed by atoms with Gasteiger partial charge in [0.2, 0.25) is 0 Å². The largest absolute Gasteiger partial charge is 0.469 e. The number of methoxy groups -OCH3 is 1. The molecule has 0 bridgehead atoms. The SMILES string of the molecule is COC(=O)C1Cc2c(Br)nc(C(O)[C@H]3COC(C)(C)N3C(=O)OC(C)(C)C)c(C)c2C1. The fraction of sp³-hybridized carbons (Fsp3) is 0.682. The van der Waals surface area contributed by atoms with Gasteiger partial charge < -0.3 is 19.3 Å². The minimum atomic E-state index is -1.09. The molecule has 1 aromatic rings. The number of pyridine rings is 1. The molecule has 9 heteroatoms. The van der Waals surface area contributed by atoms with Gasteiger partial charge in [-0.15, -0.1) is 0 Å². The van der Waals surface area contributed by atoms with Crippen molar-refractivity contribution in [1.29, 1.82) is 0 Å². The van der Waals surface area contributed by atoms with Gasteiger partial charge in [-0.3, -0.25) is 9.69 Å². The first-order valence-corrected chi connectivity index (χ1v) is 11.2. The first-order chi connectivity index (χ1) is 14.3. The summed E-state index contributed by atoms with van der Waals surface area (Å²) in [6.45, 7) is 10.9. The Morgan fingerprint density at radius 1 is 1.29 bits per heavy atom. The fourth-order valence-electron chi connectivity index (χ4n) is 4.35. The van der Waals surface area contributed by atoms with Crippen LogP contribution in [0.4, 0.5) is 4.79 Å². The van der Waals surface area contributed by atoms with E-state index in [1.54, 1.807) is 34.6 Å². The van der Waals surface area contributed by atoms with Gasteiger partial charge in [-0.05, 0) is 87.0 Å². The minimum Gasteiger partial charge on any atom is -0.469 e. The summed E-state index contributed by atoms with van der Waals surface area (Å²) in [5.41, 5.74) is 1.58. The number of carbonyl (C=O) groups excluding carboxylic acids is 2. The van der Waals surface area contributed by atoms with Gasteiger partial charge in [-0.1, -0.05) is 0 Å². The van der Waals surface area contributed by atoms with Gasteiger partial charge in [0.15, 0.2) is 0 Å². The number of aliphatic hydroxyl groups excluding tert-OH is 1. The third-order valence-electron chi connectivity index (χ3n) is 5.86. The summed E-state index contributed by atoms with van der Waals surface area (Å²) in [5.74, 6) is -0.525. The number of amides is 1. The van der Waals surface area contributed by atoms with Crippen molar-refractivity contribution in [2.45, 2.75) is 77.9 Å². The lowest BCUT2D eigenvalue weighted by molar-refractivity contribution is -0.145. The molecular formula is C22H31BrN2O6. The van der Waals surface area contributed by atoms with Crippen LogP contribution in [-0.2, 0) is 31.8 Å². The van der Waals surface area contributed by atoms with Crippen LogP contribution < -0.4 is 0 Å². The van der Waals surface area contributed by atoms with Gasteiger partial charge in [-0.25, -0.2) is 9.78 Å². The fourth-order valence-corrected chi connectivity index (χ4v) is 4.94. The van der Waals surface area contributed by atoms with Crippen molar-refractivity contribution in [1.82, 2.24) is 9.88 Å². The summed E-state index contributed by atoms with van der Waals surface area (Å²) >= 11 is 3.50. The van der Waals surface area contributed by atoms with Crippen LogP contribution in [0.15, 0.2) is 4.60 Å². The molecule has 0 spiro atoms. The molecule has 2 unspecified atom stereocenters. The average Bonchev–Trinajstić information content (AvgIpc) is 3.23. The molecule has 8 nitrogen and oxygen atoms in total. The van der Waals surface area contributed by atoms with E-state index in [0.29, 0.717) is 23.1 Å². The number of carbonyl (C=O) groups is 2. The zero-order valence-corrected chi connectivity index (χ0v) is 20.7. The van der Waals surface area contributed by atoms with Gasteiger partial charge in [-0.2, -0.15) is 0 Å². The Morgan fingerprint density at radius 3 is 2.48 bits per heavy atom. The van der Waals surface area contributed by atoms with Gasteiger partial charge >= 0.3 is 12.1 Å². The highest BCUT2D eigenvalue weighted by molar-refractivity contribution is 9.10. The van der Waals surface area contributed by atoms with Crippen LogP contribution in [0.2, 0.25) is 0 Å². The average molecular weight is 499 g/mol. The minimum absolute atomic E-state index is 0.147. The maximum atomic E-state index is 12.9. The zero-order valence-electron chi connectivity index (χ0n) is 19.1. The van der Waals surface area contributed by atoms with E-state index in [9.17, 15) is 14.7 Å². The van der Waals surface area contributed by atoms with Crippen molar-refractivity contribution in [3.63, 3.8) is 0 Å². The third kappa shape index (κ3) is 4.59. The van der Waals surface area contributed by atoms with Gasteiger partial charge in [0.1, 0.15) is 22.0 Å². The lowest BCUT2D eigenvalue weighted by Gasteiger charge is -2.36.